The molecule has 0 spiro atoms. The fourth-order valence-corrected chi connectivity index (χ4v) is 1.32. The summed E-state index contributed by atoms with van der Waals surface area (Å²) >= 11 is 5.80. The van der Waals surface area contributed by atoms with Crippen LogP contribution in [-0.2, 0) is 6.18 Å². The molecule has 0 bridgehead atoms. The van der Waals surface area contributed by atoms with Crippen LogP contribution < -0.4 is 0 Å². The van der Waals surface area contributed by atoms with Gasteiger partial charge in [-0.25, -0.2) is 9.50 Å². The van der Waals surface area contributed by atoms with Gasteiger partial charge in [0, 0.05) is 6.20 Å². The zero-order chi connectivity index (χ0) is 13.2. The second-order valence-electron chi connectivity index (χ2n) is 3.01. The van der Waals surface area contributed by atoms with Crippen molar-refractivity contribution in [2.75, 3.05) is 0 Å². The van der Waals surface area contributed by atoms with E-state index >= 15 is 0 Å². The zero-order valence-electron chi connectivity index (χ0n) is 9.51. The van der Waals surface area contributed by atoms with E-state index in [2.05, 4.69) is 10.1 Å². The molecule has 0 saturated heterocycles. The Morgan fingerprint density at radius 1 is 1.29 bits per heavy atom. The summed E-state index contributed by atoms with van der Waals surface area (Å²) in [7, 11) is 0. The Hall–Kier alpha value is -1.30. The van der Waals surface area contributed by atoms with E-state index < -0.39 is 12.0 Å². The number of rotatable bonds is 0. The van der Waals surface area contributed by atoms with Crippen molar-refractivity contribution >= 4 is 17.2 Å². The van der Waals surface area contributed by atoms with Crippen LogP contribution in [0.25, 0.3) is 5.65 Å². The molecule has 2 aromatic heterocycles. The molecule has 0 aliphatic heterocycles. The third-order valence-corrected chi connectivity index (χ3v) is 2.36. The SMILES string of the molecule is CC.Cc1ccn2nc(C(F)(F)F)nc2c1Cl. The Morgan fingerprint density at radius 3 is 2.41 bits per heavy atom. The van der Waals surface area contributed by atoms with Crippen LogP contribution >= 0.6 is 11.6 Å². The molecule has 0 aliphatic rings. The van der Waals surface area contributed by atoms with Crippen molar-refractivity contribution in [2.45, 2.75) is 26.9 Å². The second-order valence-corrected chi connectivity index (χ2v) is 3.39. The minimum atomic E-state index is -4.55. The highest BCUT2D eigenvalue weighted by Crippen LogP contribution is 2.28. The molecule has 0 fully saturated rings. The second kappa shape index (κ2) is 4.91. The number of alkyl halides is 3. The number of fused-ring (bicyclic) bond motifs is 1. The van der Waals surface area contributed by atoms with Crippen molar-refractivity contribution < 1.29 is 13.2 Å². The zero-order valence-corrected chi connectivity index (χ0v) is 10.3. The fraction of sp³-hybridized carbons (Fsp3) is 0.400. The van der Waals surface area contributed by atoms with E-state index in [9.17, 15) is 13.2 Å². The van der Waals surface area contributed by atoms with Crippen molar-refractivity contribution in [3.8, 4) is 0 Å². The van der Waals surface area contributed by atoms with E-state index in [0.717, 1.165) is 4.52 Å². The van der Waals surface area contributed by atoms with Crippen molar-refractivity contribution in [3.63, 3.8) is 0 Å². The maximum Gasteiger partial charge on any atom is 0.453 e. The molecule has 0 unspecified atom stereocenters. The highest BCUT2D eigenvalue weighted by Gasteiger charge is 2.36. The molecule has 0 aromatic carbocycles. The summed E-state index contributed by atoms with van der Waals surface area (Å²) < 4.78 is 37.8. The summed E-state index contributed by atoms with van der Waals surface area (Å²) in [5.41, 5.74) is 0.675. The molecule has 17 heavy (non-hydrogen) atoms. The average molecular weight is 266 g/mol. The van der Waals surface area contributed by atoms with E-state index in [1.165, 1.54) is 6.20 Å². The first-order valence-electron chi connectivity index (χ1n) is 4.98. The van der Waals surface area contributed by atoms with Crippen molar-refractivity contribution in [1.29, 1.82) is 0 Å². The lowest BCUT2D eigenvalue weighted by Gasteiger charge is -1.96. The predicted octanol–water partition coefficient (Wildman–Crippen LogP) is 3.74. The molecule has 94 valence electrons. The van der Waals surface area contributed by atoms with Crippen LogP contribution in [-0.4, -0.2) is 14.6 Å². The maximum atomic E-state index is 12.3. The molecule has 0 N–H and O–H groups in total. The molecule has 0 aliphatic carbocycles. The van der Waals surface area contributed by atoms with Gasteiger partial charge in [0.05, 0.1) is 5.02 Å². The van der Waals surface area contributed by atoms with Crippen LogP contribution in [0.1, 0.15) is 25.2 Å². The molecular weight excluding hydrogens is 255 g/mol. The Balaban J connectivity index is 0.000000686. The minimum Gasteiger partial charge on any atom is -0.219 e. The number of halogens is 4. The monoisotopic (exact) mass is 265 g/mol. The molecule has 0 amide bonds. The summed E-state index contributed by atoms with van der Waals surface area (Å²) in [6, 6.07) is 1.57. The van der Waals surface area contributed by atoms with Gasteiger partial charge in [-0.05, 0) is 18.6 Å². The third kappa shape index (κ3) is 2.69. The number of aromatic nitrogens is 3. The van der Waals surface area contributed by atoms with Gasteiger partial charge in [0.15, 0.2) is 5.65 Å². The topological polar surface area (TPSA) is 30.2 Å². The normalized spacial score (nSPS) is 11.2. The summed E-state index contributed by atoms with van der Waals surface area (Å²) in [6.07, 6.45) is -3.16. The standard InChI is InChI=1S/C8H5ClF3N3.C2H6/c1-4-2-3-15-6(5(4)9)13-7(14-15)8(10,11)12;1-2/h2-3H,1H3;1-2H3. The molecular formula is C10H11ClF3N3. The molecule has 2 aromatic rings. The number of hydrogen-bond donors (Lipinski definition) is 0. The van der Waals surface area contributed by atoms with Gasteiger partial charge in [-0.15, -0.1) is 5.10 Å². The molecule has 0 radical (unpaired) electrons. The lowest BCUT2D eigenvalue weighted by atomic mass is 10.3. The largest absolute Gasteiger partial charge is 0.453 e. The van der Waals surface area contributed by atoms with Gasteiger partial charge >= 0.3 is 6.18 Å². The van der Waals surface area contributed by atoms with Crippen LogP contribution in [0.4, 0.5) is 13.2 Å². The Morgan fingerprint density at radius 2 is 1.88 bits per heavy atom. The molecule has 7 heteroatoms. The van der Waals surface area contributed by atoms with Crippen LogP contribution in [0.2, 0.25) is 5.02 Å². The van der Waals surface area contributed by atoms with Gasteiger partial charge in [-0.1, -0.05) is 25.4 Å². The van der Waals surface area contributed by atoms with Gasteiger partial charge in [0.1, 0.15) is 0 Å². The van der Waals surface area contributed by atoms with Crippen molar-refractivity contribution in [1.82, 2.24) is 14.6 Å². The van der Waals surface area contributed by atoms with Gasteiger partial charge < -0.3 is 0 Å². The molecule has 0 saturated carbocycles. The van der Waals surface area contributed by atoms with Crippen molar-refractivity contribution in [3.05, 3.63) is 28.7 Å². The number of pyridine rings is 1. The van der Waals surface area contributed by atoms with E-state index in [0.29, 0.717) is 5.56 Å². The lowest BCUT2D eigenvalue weighted by Crippen LogP contribution is -2.07. The Labute approximate surface area is 101 Å². The van der Waals surface area contributed by atoms with E-state index in [1.807, 2.05) is 13.8 Å². The fourth-order valence-electron chi connectivity index (χ4n) is 1.13. The Kier molecular flexibility index (Phi) is 3.98. The molecule has 0 atom stereocenters. The summed E-state index contributed by atoms with van der Waals surface area (Å²) in [4.78, 5) is 3.34. The van der Waals surface area contributed by atoms with Crippen molar-refractivity contribution in [2.24, 2.45) is 0 Å². The van der Waals surface area contributed by atoms with Gasteiger partial charge in [-0.2, -0.15) is 13.2 Å². The van der Waals surface area contributed by atoms with Crippen LogP contribution in [0, 0.1) is 6.92 Å². The lowest BCUT2D eigenvalue weighted by molar-refractivity contribution is -0.144. The van der Waals surface area contributed by atoms with Gasteiger partial charge in [0.2, 0.25) is 0 Å². The highest BCUT2D eigenvalue weighted by atomic mass is 35.5. The molecule has 3 nitrogen and oxygen atoms in total. The predicted molar refractivity (Wildman–Crippen MR) is 59.1 cm³/mol. The quantitative estimate of drug-likeness (QED) is 0.726. The molecule has 2 rings (SSSR count). The first kappa shape index (κ1) is 13.8. The maximum absolute atomic E-state index is 12.3. The van der Waals surface area contributed by atoms with Crippen LogP contribution in [0.5, 0.6) is 0 Å². The first-order valence-corrected chi connectivity index (χ1v) is 5.36. The average Bonchev–Trinajstić information content (AvgIpc) is 2.71. The summed E-state index contributed by atoms with van der Waals surface area (Å²) in [6.45, 7) is 5.68. The van der Waals surface area contributed by atoms with Crippen LogP contribution in [0.3, 0.4) is 0 Å². The van der Waals surface area contributed by atoms with E-state index in [1.54, 1.807) is 13.0 Å². The smallest absolute Gasteiger partial charge is 0.219 e. The Bertz CT molecular complexity index is 519. The van der Waals surface area contributed by atoms with Gasteiger partial charge in [0.25, 0.3) is 5.82 Å². The third-order valence-electron chi connectivity index (χ3n) is 1.89. The number of nitrogens with zero attached hydrogens (tertiary/aromatic N) is 3. The first-order chi connectivity index (χ1) is 7.89. The number of aryl methyl sites for hydroxylation is 1. The highest BCUT2D eigenvalue weighted by molar-refractivity contribution is 6.34. The minimum absolute atomic E-state index is 0.0176. The van der Waals surface area contributed by atoms with Gasteiger partial charge in [-0.3, -0.25) is 0 Å². The summed E-state index contributed by atoms with van der Waals surface area (Å²) in [5.74, 6) is -1.19. The summed E-state index contributed by atoms with van der Waals surface area (Å²) in [5, 5.41) is 3.46. The van der Waals surface area contributed by atoms with E-state index in [4.69, 9.17) is 11.6 Å². The number of hydrogen-bond acceptors (Lipinski definition) is 2. The van der Waals surface area contributed by atoms with E-state index in [-0.39, 0.29) is 10.7 Å². The van der Waals surface area contributed by atoms with Crippen LogP contribution in [0.15, 0.2) is 12.3 Å². The molecule has 2 heterocycles.